The van der Waals surface area contributed by atoms with Crippen LogP contribution in [0.2, 0.25) is 0 Å². The summed E-state index contributed by atoms with van der Waals surface area (Å²) in [5, 5.41) is 1.72. The highest BCUT2D eigenvalue weighted by molar-refractivity contribution is 7.88. The van der Waals surface area contributed by atoms with Crippen LogP contribution >= 0.6 is 0 Å². The summed E-state index contributed by atoms with van der Waals surface area (Å²) in [5.74, 6) is 0. The van der Waals surface area contributed by atoms with Crippen molar-refractivity contribution in [2.24, 2.45) is 4.40 Å². The highest BCUT2D eigenvalue weighted by Crippen LogP contribution is 1.90. The second-order valence-electron chi connectivity index (χ2n) is 0.957. The lowest BCUT2D eigenvalue weighted by Gasteiger charge is -1.61. The quantitative estimate of drug-likeness (QED) is 0.322. The molecular formula is C3H3N3S. The van der Waals surface area contributed by atoms with E-state index in [-0.39, 0.29) is 0 Å². The van der Waals surface area contributed by atoms with Crippen LogP contribution in [0.3, 0.4) is 0 Å². The average Bonchev–Trinajstić information content (AvgIpc) is 2.14. The lowest BCUT2D eigenvalue weighted by Crippen LogP contribution is -1.71. The van der Waals surface area contributed by atoms with Gasteiger partial charge in [-0.3, -0.25) is 0 Å². The lowest BCUT2D eigenvalue weighted by molar-refractivity contribution is 1.69. The third-order valence-electron chi connectivity index (χ3n) is 0.539. The molecule has 1 rings (SSSR count). The maximum Gasteiger partial charge on any atom is 0.307 e. The van der Waals surface area contributed by atoms with E-state index < -0.39 is 10.9 Å². The molecule has 0 bridgehead atoms. The molecule has 0 saturated heterocycles. The summed E-state index contributed by atoms with van der Waals surface area (Å²) < 4.78 is 6.66. The molecule has 0 spiro atoms. The Morgan fingerprint density at radius 3 is 2.86 bits per heavy atom. The summed E-state index contributed by atoms with van der Waals surface area (Å²) in [6, 6.07) is 0. The molecule has 7 heavy (non-hydrogen) atoms. The van der Waals surface area contributed by atoms with Gasteiger partial charge < -0.3 is 5.53 Å². The van der Waals surface area contributed by atoms with Crippen LogP contribution in [0.25, 0.3) is 5.53 Å². The molecule has 0 amide bonds. The van der Waals surface area contributed by atoms with Gasteiger partial charge in [0.15, 0.2) is 0 Å². The molecule has 0 aromatic rings. The van der Waals surface area contributed by atoms with E-state index in [0.717, 1.165) is 0 Å². The van der Waals surface area contributed by atoms with E-state index in [9.17, 15) is 0 Å². The number of nitrogens with zero attached hydrogens (tertiary/aromatic N) is 3. The van der Waals surface area contributed by atoms with Crippen LogP contribution in [0.15, 0.2) is 15.9 Å². The normalized spacial score (nSPS) is 25.4. The van der Waals surface area contributed by atoms with Crippen molar-refractivity contribution in [3.8, 4) is 0 Å². The first-order chi connectivity index (χ1) is 3.43. The zero-order valence-corrected chi connectivity index (χ0v) is 4.30. The first kappa shape index (κ1) is 4.43. The van der Waals surface area contributed by atoms with E-state index in [2.05, 4.69) is 8.56 Å². The minimum Gasteiger partial charge on any atom is -0.349 e. The van der Waals surface area contributed by atoms with Crippen molar-refractivity contribution >= 4 is 17.1 Å². The molecule has 3 nitrogen and oxygen atoms in total. The smallest absolute Gasteiger partial charge is 0.307 e. The molecule has 36 valence electrons. The van der Waals surface area contributed by atoms with Gasteiger partial charge in [0.05, 0.1) is 5.41 Å². The molecule has 1 aliphatic rings. The van der Waals surface area contributed by atoms with Crippen molar-refractivity contribution in [1.82, 2.24) is 4.16 Å². The van der Waals surface area contributed by atoms with Crippen LogP contribution < -0.4 is 4.16 Å². The molecule has 0 aromatic carbocycles. The van der Waals surface area contributed by atoms with Crippen LogP contribution in [0.5, 0.6) is 0 Å². The number of hydrogen-bond acceptors (Lipinski definition) is 0. The summed E-state index contributed by atoms with van der Waals surface area (Å²) in [7, 11) is -0.565. The Hall–Kier alpha value is -0.730. The van der Waals surface area contributed by atoms with Crippen LogP contribution in [0.4, 0.5) is 0 Å². The van der Waals surface area contributed by atoms with Gasteiger partial charge in [-0.15, -0.1) is 4.16 Å². The molecule has 0 saturated carbocycles. The largest absolute Gasteiger partial charge is 0.349 e. The van der Waals surface area contributed by atoms with Crippen LogP contribution in [-0.2, 0) is 10.9 Å². The highest BCUT2D eigenvalue weighted by Gasteiger charge is 1.95. The monoisotopic (exact) mass is 113 g/mol. The Labute approximate surface area is 43.5 Å². The van der Waals surface area contributed by atoms with Gasteiger partial charge >= 0.3 is 10.9 Å². The molecule has 0 aromatic heterocycles. The Balaban J connectivity index is 3.00. The second-order valence-corrected chi connectivity index (χ2v) is 2.19. The third-order valence-corrected chi connectivity index (χ3v) is 1.44. The summed E-state index contributed by atoms with van der Waals surface area (Å²) in [5.41, 5.74) is 8.04. The number of allylic oxidation sites excluding steroid dienone is 1. The SMILES string of the molecule is [N-]=[N+]=S1C=CC=N1. The molecule has 1 aliphatic heterocycles. The molecule has 1 unspecified atom stereocenters. The van der Waals surface area contributed by atoms with Crippen LogP contribution in [0.1, 0.15) is 0 Å². The van der Waals surface area contributed by atoms with E-state index in [4.69, 9.17) is 5.53 Å². The van der Waals surface area contributed by atoms with Crippen molar-refractivity contribution in [1.29, 1.82) is 0 Å². The van der Waals surface area contributed by atoms with Crippen molar-refractivity contribution < 1.29 is 0 Å². The molecule has 1 atom stereocenters. The standard InChI is InChI=1S/C3H3N3S/c4-6-7-3-1-2-5-7/h1-3H. The van der Waals surface area contributed by atoms with Crippen molar-refractivity contribution in [3.05, 3.63) is 17.0 Å². The number of rotatable bonds is 0. The van der Waals surface area contributed by atoms with Crippen LogP contribution in [-0.4, -0.2) is 6.21 Å². The van der Waals surface area contributed by atoms with Gasteiger partial charge in [0.1, 0.15) is 0 Å². The van der Waals surface area contributed by atoms with Crippen molar-refractivity contribution in [2.45, 2.75) is 0 Å². The molecule has 0 aliphatic carbocycles. The van der Waals surface area contributed by atoms with Crippen LogP contribution in [0, 0.1) is 0 Å². The zero-order valence-electron chi connectivity index (χ0n) is 3.48. The van der Waals surface area contributed by atoms with Gasteiger partial charge in [-0.25, -0.2) is 0 Å². The first-order valence-electron chi connectivity index (χ1n) is 1.73. The fraction of sp³-hybridized carbons (Fsp3) is 0. The second kappa shape index (κ2) is 1.82. The van der Waals surface area contributed by atoms with Gasteiger partial charge in [-0.05, 0) is 6.08 Å². The molecule has 0 fully saturated rings. The Morgan fingerprint density at radius 2 is 2.57 bits per heavy atom. The van der Waals surface area contributed by atoms with Gasteiger partial charge in [-0.2, -0.15) is 4.40 Å². The fourth-order valence-corrected chi connectivity index (χ4v) is 0.859. The third kappa shape index (κ3) is 0.824. The maximum atomic E-state index is 8.04. The van der Waals surface area contributed by atoms with Gasteiger partial charge in [0, 0.05) is 6.21 Å². The first-order valence-corrected chi connectivity index (χ1v) is 2.93. The van der Waals surface area contributed by atoms with Crippen molar-refractivity contribution in [3.63, 3.8) is 0 Å². The molecule has 0 radical (unpaired) electrons. The predicted octanol–water partition coefficient (Wildman–Crippen LogP) is 0.390. The Bertz CT molecular complexity index is 161. The molecule has 1 heterocycles. The number of hydrogen-bond donors (Lipinski definition) is 0. The summed E-state index contributed by atoms with van der Waals surface area (Å²) in [6.45, 7) is 0. The summed E-state index contributed by atoms with van der Waals surface area (Å²) >= 11 is 0. The highest BCUT2D eigenvalue weighted by atomic mass is 32.2. The average molecular weight is 113 g/mol. The van der Waals surface area contributed by atoms with E-state index in [1.54, 1.807) is 17.7 Å². The Morgan fingerprint density at radius 1 is 1.71 bits per heavy atom. The molecule has 0 N–H and O–H groups in total. The minimum absolute atomic E-state index is 0.565. The minimum atomic E-state index is -0.565. The van der Waals surface area contributed by atoms with Gasteiger partial charge in [0.2, 0.25) is 0 Å². The molecular weight excluding hydrogens is 110 g/mol. The van der Waals surface area contributed by atoms with E-state index in [1.165, 1.54) is 0 Å². The Kier molecular flexibility index (Phi) is 1.15. The zero-order chi connectivity index (χ0) is 5.11. The molecule has 4 heteroatoms. The lowest BCUT2D eigenvalue weighted by atomic mass is 10.7. The fourth-order valence-electron chi connectivity index (χ4n) is 0.286. The van der Waals surface area contributed by atoms with Crippen molar-refractivity contribution in [2.75, 3.05) is 0 Å². The predicted molar refractivity (Wildman–Crippen MR) is 30.5 cm³/mol. The summed E-state index contributed by atoms with van der Waals surface area (Å²) in [6.07, 6.45) is 3.37. The topological polar surface area (TPSA) is 48.8 Å². The van der Waals surface area contributed by atoms with Gasteiger partial charge in [-0.1, -0.05) is 0 Å². The van der Waals surface area contributed by atoms with E-state index >= 15 is 0 Å². The maximum absolute atomic E-state index is 8.04. The van der Waals surface area contributed by atoms with Gasteiger partial charge in [0.25, 0.3) is 0 Å². The van der Waals surface area contributed by atoms with E-state index in [0.29, 0.717) is 0 Å². The van der Waals surface area contributed by atoms with E-state index in [1.807, 2.05) is 0 Å². The summed E-state index contributed by atoms with van der Waals surface area (Å²) in [4.78, 5) is 0.